The van der Waals surface area contributed by atoms with E-state index in [1.54, 1.807) is 24.3 Å². The van der Waals surface area contributed by atoms with Crippen LogP contribution >= 0.6 is 0 Å². The van der Waals surface area contributed by atoms with Crippen molar-refractivity contribution in [3.05, 3.63) is 29.8 Å². The van der Waals surface area contributed by atoms with E-state index in [0.29, 0.717) is 18.0 Å². The first-order valence-corrected chi connectivity index (χ1v) is 5.92. The molecule has 2 fully saturated rings. The first-order valence-electron chi connectivity index (χ1n) is 5.92. The molecule has 0 saturated carbocycles. The summed E-state index contributed by atoms with van der Waals surface area (Å²) >= 11 is 0. The zero-order valence-corrected chi connectivity index (χ0v) is 9.39. The van der Waals surface area contributed by atoms with Gasteiger partial charge in [-0.25, -0.2) is 0 Å². The number of fused-ring (bicyclic) bond motifs is 2. The van der Waals surface area contributed by atoms with Crippen LogP contribution in [0.4, 0.5) is 0 Å². The maximum absolute atomic E-state index is 11.7. The normalized spacial score (nSPS) is 35.1. The van der Waals surface area contributed by atoms with E-state index in [9.17, 15) is 15.0 Å². The standard InChI is InChI=1S/C13H15NO3/c15-10-3-1-2-8(6-10)13(12(16)17)7-9-4-5-11(13)14-9/h1-3,6,9,11,14-15H,4-5,7H2,(H,16,17). The Morgan fingerprint density at radius 2 is 2.24 bits per heavy atom. The molecular formula is C13H15NO3. The first-order chi connectivity index (χ1) is 8.13. The van der Waals surface area contributed by atoms with E-state index < -0.39 is 11.4 Å². The largest absolute Gasteiger partial charge is 0.508 e. The summed E-state index contributed by atoms with van der Waals surface area (Å²) in [7, 11) is 0. The number of aliphatic carboxylic acids is 1. The number of rotatable bonds is 2. The molecule has 2 aliphatic heterocycles. The van der Waals surface area contributed by atoms with Crippen LogP contribution in [0.15, 0.2) is 24.3 Å². The molecule has 3 rings (SSSR count). The molecule has 1 aromatic carbocycles. The van der Waals surface area contributed by atoms with Crippen molar-refractivity contribution in [3.8, 4) is 5.75 Å². The van der Waals surface area contributed by atoms with Crippen LogP contribution in [0, 0.1) is 0 Å². The Morgan fingerprint density at radius 1 is 1.41 bits per heavy atom. The molecule has 0 spiro atoms. The number of aromatic hydroxyl groups is 1. The highest BCUT2D eigenvalue weighted by Gasteiger charge is 2.56. The molecule has 90 valence electrons. The van der Waals surface area contributed by atoms with Crippen LogP contribution in [0.1, 0.15) is 24.8 Å². The molecule has 2 aliphatic rings. The van der Waals surface area contributed by atoms with Crippen LogP contribution < -0.4 is 5.32 Å². The molecule has 0 aliphatic carbocycles. The second-order valence-electron chi connectivity index (χ2n) is 5.02. The second kappa shape index (κ2) is 3.47. The molecule has 17 heavy (non-hydrogen) atoms. The predicted octanol–water partition coefficient (Wildman–Crippen LogP) is 1.24. The van der Waals surface area contributed by atoms with E-state index in [4.69, 9.17) is 0 Å². The van der Waals surface area contributed by atoms with Gasteiger partial charge in [-0.3, -0.25) is 4.79 Å². The van der Waals surface area contributed by atoms with E-state index in [0.717, 1.165) is 12.8 Å². The van der Waals surface area contributed by atoms with Gasteiger partial charge in [0.1, 0.15) is 11.2 Å². The lowest BCUT2D eigenvalue weighted by Crippen LogP contribution is -2.46. The SMILES string of the molecule is O=C(O)C1(c2cccc(O)c2)CC2CCC1N2. The lowest BCUT2D eigenvalue weighted by molar-refractivity contribution is -0.144. The first kappa shape index (κ1) is 10.6. The van der Waals surface area contributed by atoms with Crippen molar-refractivity contribution in [1.29, 1.82) is 0 Å². The maximum atomic E-state index is 11.7. The van der Waals surface area contributed by atoms with Crippen molar-refractivity contribution in [2.45, 2.75) is 36.8 Å². The van der Waals surface area contributed by atoms with E-state index in [2.05, 4.69) is 5.32 Å². The van der Waals surface area contributed by atoms with Gasteiger partial charge in [0.15, 0.2) is 0 Å². The van der Waals surface area contributed by atoms with Crippen molar-refractivity contribution < 1.29 is 15.0 Å². The summed E-state index contributed by atoms with van der Waals surface area (Å²) in [5.41, 5.74) is -0.147. The molecule has 2 bridgehead atoms. The summed E-state index contributed by atoms with van der Waals surface area (Å²) < 4.78 is 0. The molecule has 3 unspecified atom stereocenters. The number of phenols is 1. The van der Waals surface area contributed by atoms with Gasteiger partial charge in [0.25, 0.3) is 0 Å². The van der Waals surface area contributed by atoms with Crippen LogP contribution in [0.3, 0.4) is 0 Å². The minimum absolute atomic E-state index is 0.00759. The second-order valence-corrected chi connectivity index (χ2v) is 5.02. The van der Waals surface area contributed by atoms with E-state index in [-0.39, 0.29) is 11.8 Å². The highest BCUT2D eigenvalue weighted by Crippen LogP contribution is 2.46. The summed E-state index contributed by atoms with van der Waals surface area (Å²) in [6.45, 7) is 0. The lowest BCUT2D eigenvalue weighted by Gasteiger charge is -2.32. The molecule has 2 saturated heterocycles. The van der Waals surface area contributed by atoms with Crippen LogP contribution in [0.25, 0.3) is 0 Å². The Kier molecular flexibility index (Phi) is 2.16. The smallest absolute Gasteiger partial charge is 0.315 e. The summed E-state index contributed by atoms with van der Waals surface area (Å²) in [5.74, 6) is -0.659. The summed E-state index contributed by atoms with van der Waals surface area (Å²) in [4.78, 5) is 11.7. The minimum atomic E-state index is -0.859. The number of benzene rings is 1. The van der Waals surface area contributed by atoms with Crippen LogP contribution in [-0.2, 0) is 10.2 Å². The number of carbonyl (C=O) groups is 1. The molecule has 0 radical (unpaired) electrons. The van der Waals surface area contributed by atoms with Gasteiger partial charge in [-0.2, -0.15) is 0 Å². The number of carboxylic acids is 1. The minimum Gasteiger partial charge on any atom is -0.508 e. The Bertz CT molecular complexity index is 473. The number of hydrogen-bond donors (Lipinski definition) is 3. The number of phenolic OH excluding ortho intramolecular Hbond substituents is 1. The third-order valence-electron chi connectivity index (χ3n) is 4.15. The fraction of sp³-hybridized carbons (Fsp3) is 0.462. The van der Waals surface area contributed by atoms with Crippen molar-refractivity contribution in [2.75, 3.05) is 0 Å². The summed E-state index contributed by atoms with van der Waals surface area (Å²) in [5, 5.41) is 22.5. The average molecular weight is 233 g/mol. The fourth-order valence-corrected chi connectivity index (χ4v) is 3.36. The Labute approximate surface area is 99.3 Å². The molecule has 2 heterocycles. The van der Waals surface area contributed by atoms with Gasteiger partial charge in [-0.05, 0) is 37.0 Å². The van der Waals surface area contributed by atoms with Gasteiger partial charge < -0.3 is 15.5 Å². The lowest BCUT2D eigenvalue weighted by atomic mass is 9.69. The van der Waals surface area contributed by atoms with Crippen molar-refractivity contribution in [2.24, 2.45) is 0 Å². The van der Waals surface area contributed by atoms with Gasteiger partial charge >= 0.3 is 5.97 Å². The monoisotopic (exact) mass is 233 g/mol. The van der Waals surface area contributed by atoms with E-state index >= 15 is 0 Å². The van der Waals surface area contributed by atoms with Crippen LogP contribution in [0.5, 0.6) is 5.75 Å². The fourth-order valence-electron chi connectivity index (χ4n) is 3.36. The average Bonchev–Trinajstić information content (AvgIpc) is 2.89. The predicted molar refractivity (Wildman–Crippen MR) is 62.0 cm³/mol. The Balaban J connectivity index is 2.10. The molecule has 0 aromatic heterocycles. The molecule has 4 nitrogen and oxygen atoms in total. The third-order valence-corrected chi connectivity index (χ3v) is 4.15. The third kappa shape index (κ3) is 1.37. The molecule has 0 amide bonds. The molecule has 1 aromatic rings. The van der Waals surface area contributed by atoms with Gasteiger partial charge in [0.05, 0.1) is 0 Å². The summed E-state index contributed by atoms with van der Waals surface area (Å²) in [6.07, 6.45) is 2.57. The molecule has 4 heteroatoms. The maximum Gasteiger partial charge on any atom is 0.315 e. The molecular weight excluding hydrogens is 218 g/mol. The molecule has 3 atom stereocenters. The van der Waals surface area contributed by atoms with Crippen molar-refractivity contribution >= 4 is 5.97 Å². The van der Waals surface area contributed by atoms with Crippen molar-refractivity contribution in [1.82, 2.24) is 5.32 Å². The molecule has 3 N–H and O–H groups in total. The highest BCUT2D eigenvalue weighted by atomic mass is 16.4. The van der Waals surface area contributed by atoms with E-state index in [1.165, 1.54) is 0 Å². The number of nitrogens with one attached hydrogen (secondary N) is 1. The quantitative estimate of drug-likeness (QED) is 0.718. The van der Waals surface area contributed by atoms with Gasteiger partial charge in [-0.1, -0.05) is 12.1 Å². The Hall–Kier alpha value is -1.55. The summed E-state index contributed by atoms with van der Waals surface area (Å²) in [6, 6.07) is 6.96. The highest BCUT2D eigenvalue weighted by molar-refractivity contribution is 5.83. The van der Waals surface area contributed by atoms with Gasteiger partial charge in [0.2, 0.25) is 0 Å². The Morgan fingerprint density at radius 3 is 2.76 bits per heavy atom. The number of carboxylic acid groups (broad SMARTS) is 1. The number of hydrogen-bond acceptors (Lipinski definition) is 3. The topological polar surface area (TPSA) is 69.6 Å². The van der Waals surface area contributed by atoms with Crippen LogP contribution in [0.2, 0.25) is 0 Å². The van der Waals surface area contributed by atoms with Crippen LogP contribution in [-0.4, -0.2) is 28.3 Å². The zero-order chi connectivity index (χ0) is 12.0. The van der Waals surface area contributed by atoms with Gasteiger partial charge in [0, 0.05) is 12.1 Å². The zero-order valence-electron chi connectivity index (χ0n) is 9.39. The van der Waals surface area contributed by atoms with Crippen molar-refractivity contribution in [3.63, 3.8) is 0 Å². The van der Waals surface area contributed by atoms with E-state index in [1.807, 2.05) is 0 Å². The van der Waals surface area contributed by atoms with Gasteiger partial charge in [-0.15, -0.1) is 0 Å².